The highest BCUT2D eigenvalue weighted by molar-refractivity contribution is 8.76. The van der Waals surface area contributed by atoms with Gasteiger partial charge in [0.05, 0.1) is 0 Å². The Labute approximate surface area is 123 Å². The van der Waals surface area contributed by atoms with E-state index in [9.17, 15) is 0 Å². The van der Waals surface area contributed by atoms with Crippen molar-refractivity contribution in [1.82, 2.24) is 5.32 Å². The van der Waals surface area contributed by atoms with Crippen LogP contribution < -0.4 is 5.32 Å². The van der Waals surface area contributed by atoms with Gasteiger partial charge < -0.3 is 5.32 Å². The first-order chi connectivity index (χ1) is 8.63. The Morgan fingerprint density at radius 3 is 2.06 bits per heavy atom. The number of unbranched alkanes of at least 4 members (excludes halogenated alkanes) is 4. The zero-order valence-corrected chi connectivity index (χ0v) is 14.5. The Morgan fingerprint density at radius 2 is 1.39 bits per heavy atom. The maximum atomic E-state index is 3.45. The molecule has 0 aromatic carbocycles. The molecular formula is C15H33NS2. The lowest BCUT2D eigenvalue weighted by molar-refractivity contribution is 0.519. The van der Waals surface area contributed by atoms with E-state index in [2.05, 4.69) is 43.8 Å². The summed E-state index contributed by atoms with van der Waals surface area (Å²) in [5.74, 6) is 3.45. The highest BCUT2D eigenvalue weighted by Gasteiger charge is 1.96. The van der Waals surface area contributed by atoms with E-state index in [1.54, 1.807) is 0 Å². The van der Waals surface area contributed by atoms with E-state index in [-0.39, 0.29) is 0 Å². The molecule has 0 bridgehead atoms. The summed E-state index contributed by atoms with van der Waals surface area (Å²) in [6, 6.07) is 0.626. The Bertz CT molecular complexity index is 143. The second kappa shape index (κ2) is 14.1. The molecule has 0 atom stereocenters. The van der Waals surface area contributed by atoms with Gasteiger partial charge in [-0.05, 0) is 12.3 Å². The van der Waals surface area contributed by atoms with Gasteiger partial charge in [0.25, 0.3) is 0 Å². The first-order valence-electron chi connectivity index (χ1n) is 7.60. The molecule has 0 aromatic heterocycles. The van der Waals surface area contributed by atoms with Crippen LogP contribution in [0, 0.1) is 5.92 Å². The van der Waals surface area contributed by atoms with E-state index in [1.165, 1.54) is 50.0 Å². The third kappa shape index (κ3) is 16.7. The average Bonchev–Trinajstić information content (AvgIpc) is 2.29. The third-order valence-electron chi connectivity index (χ3n) is 2.83. The molecule has 0 spiro atoms. The fourth-order valence-corrected chi connectivity index (χ4v) is 3.82. The molecule has 0 aliphatic carbocycles. The summed E-state index contributed by atoms with van der Waals surface area (Å²) in [5, 5.41) is 3.45. The molecule has 0 saturated carbocycles. The molecule has 0 fully saturated rings. The van der Waals surface area contributed by atoms with E-state index >= 15 is 0 Å². The van der Waals surface area contributed by atoms with Gasteiger partial charge in [-0.15, -0.1) is 0 Å². The zero-order valence-electron chi connectivity index (χ0n) is 12.8. The van der Waals surface area contributed by atoms with Crippen LogP contribution in [0.3, 0.4) is 0 Å². The van der Waals surface area contributed by atoms with Crippen LogP contribution in [-0.2, 0) is 0 Å². The predicted octanol–water partition coefficient (Wildman–Crippen LogP) is 5.36. The fraction of sp³-hybridized carbons (Fsp3) is 1.00. The molecule has 0 amide bonds. The molecule has 1 N–H and O–H groups in total. The maximum absolute atomic E-state index is 3.45. The second-order valence-corrected chi connectivity index (χ2v) is 8.41. The van der Waals surface area contributed by atoms with Crippen molar-refractivity contribution in [2.75, 3.05) is 18.1 Å². The van der Waals surface area contributed by atoms with Crippen molar-refractivity contribution in [2.45, 2.75) is 72.3 Å². The lowest BCUT2D eigenvalue weighted by Gasteiger charge is -2.07. The molecule has 0 aromatic rings. The summed E-state index contributed by atoms with van der Waals surface area (Å²) in [7, 11) is 4.07. The van der Waals surface area contributed by atoms with Gasteiger partial charge in [-0.25, -0.2) is 0 Å². The van der Waals surface area contributed by atoms with Crippen molar-refractivity contribution in [3.63, 3.8) is 0 Å². The quantitative estimate of drug-likeness (QED) is 0.362. The molecule has 0 radical (unpaired) electrons. The van der Waals surface area contributed by atoms with Crippen LogP contribution in [-0.4, -0.2) is 24.1 Å². The molecule has 0 heterocycles. The van der Waals surface area contributed by atoms with Gasteiger partial charge in [0.2, 0.25) is 0 Å². The number of hydrogen-bond donors (Lipinski definition) is 1. The SMILES string of the molecule is CC(C)CCCCCCCSSCCNC(C)C. The molecule has 0 rings (SSSR count). The summed E-state index contributed by atoms with van der Waals surface area (Å²) in [4.78, 5) is 0. The molecule has 110 valence electrons. The lowest BCUT2D eigenvalue weighted by atomic mass is 10.0. The van der Waals surface area contributed by atoms with Gasteiger partial charge in [-0.3, -0.25) is 0 Å². The van der Waals surface area contributed by atoms with Crippen molar-refractivity contribution in [3.8, 4) is 0 Å². The molecule has 0 aliphatic rings. The van der Waals surface area contributed by atoms with Gasteiger partial charge in [0, 0.05) is 24.1 Å². The van der Waals surface area contributed by atoms with Gasteiger partial charge in [0.15, 0.2) is 0 Å². The van der Waals surface area contributed by atoms with E-state index < -0.39 is 0 Å². The summed E-state index contributed by atoms with van der Waals surface area (Å²) < 4.78 is 0. The number of rotatable bonds is 13. The van der Waals surface area contributed by atoms with E-state index in [0.717, 1.165) is 12.5 Å². The molecule has 1 nitrogen and oxygen atoms in total. The molecule has 3 heteroatoms. The van der Waals surface area contributed by atoms with Gasteiger partial charge in [0.1, 0.15) is 0 Å². The predicted molar refractivity (Wildman–Crippen MR) is 90.6 cm³/mol. The van der Waals surface area contributed by atoms with Gasteiger partial charge >= 0.3 is 0 Å². The minimum absolute atomic E-state index is 0.626. The van der Waals surface area contributed by atoms with Crippen molar-refractivity contribution in [1.29, 1.82) is 0 Å². The zero-order chi connectivity index (χ0) is 13.6. The maximum Gasteiger partial charge on any atom is 0.0162 e. The van der Waals surface area contributed by atoms with Crippen molar-refractivity contribution >= 4 is 21.6 Å². The van der Waals surface area contributed by atoms with Gasteiger partial charge in [-0.1, -0.05) is 81.4 Å². The summed E-state index contributed by atoms with van der Waals surface area (Å²) in [5.41, 5.74) is 0. The monoisotopic (exact) mass is 291 g/mol. The molecule has 0 aliphatic heterocycles. The van der Waals surface area contributed by atoms with Crippen LogP contribution in [0.5, 0.6) is 0 Å². The number of hydrogen-bond acceptors (Lipinski definition) is 3. The fourth-order valence-electron chi connectivity index (χ4n) is 1.75. The highest BCUT2D eigenvalue weighted by atomic mass is 33.1. The van der Waals surface area contributed by atoms with E-state index in [4.69, 9.17) is 0 Å². The van der Waals surface area contributed by atoms with E-state index in [1.807, 2.05) is 10.8 Å². The topological polar surface area (TPSA) is 12.0 Å². The Balaban J connectivity index is 2.95. The summed E-state index contributed by atoms with van der Waals surface area (Å²) in [6.45, 7) is 10.2. The minimum atomic E-state index is 0.626. The van der Waals surface area contributed by atoms with Crippen LogP contribution in [0.4, 0.5) is 0 Å². The molecular weight excluding hydrogens is 258 g/mol. The van der Waals surface area contributed by atoms with Crippen molar-refractivity contribution in [2.24, 2.45) is 5.92 Å². The molecule has 0 unspecified atom stereocenters. The average molecular weight is 292 g/mol. The van der Waals surface area contributed by atoms with Crippen LogP contribution in [0.1, 0.15) is 66.2 Å². The standard InChI is InChI=1S/C15H33NS2/c1-14(2)10-8-6-5-7-9-12-17-18-13-11-16-15(3)4/h14-16H,5-13H2,1-4H3. The van der Waals surface area contributed by atoms with Crippen LogP contribution in [0.15, 0.2) is 0 Å². The molecule has 18 heavy (non-hydrogen) atoms. The third-order valence-corrected chi connectivity index (χ3v) is 5.32. The van der Waals surface area contributed by atoms with Crippen LogP contribution >= 0.6 is 21.6 Å². The smallest absolute Gasteiger partial charge is 0.0162 e. The lowest BCUT2D eigenvalue weighted by Crippen LogP contribution is -2.24. The first kappa shape index (κ1) is 18.7. The largest absolute Gasteiger partial charge is 0.314 e. The molecule has 0 saturated heterocycles. The van der Waals surface area contributed by atoms with Crippen LogP contribution in [0.25, 0.3) is 0 Å². The normalized spacial score (nSPS) is 11.7. The van der Waals surface area contributed by atoms with Crippen molar-refractivity contribution < 1.29 is 0 Å². The second-order valence-electron chi connectivity index (χ2n) is 5.70. The summed E-state index contributed by atoms with van der Waals surface area (Å²) in [6.07, 6.45) is 8.54. The van der Waals surface area contributed by atoms with E-state index in [0.29, 0.717) is 6.04 Å². The Kier molecular flexibility index (Phi) is 14.6. The summed E-state index contributed by atoms with van der Waals surface area (Å²) >= 11 is 0. The highest BCUT2D eigenvalue weighted by Crippen LogP contribution is 2.22. The van der Waals surface area contributed by atoms with Crippen molar-refractivity contribution in [3.05, 3.63) is 0 Å². The minimum Gasteiger partial charge on any atom is -0.314 e. The Morgan fingerprint density at radius 1 is 0.778 bits per heavy atom. The number of nitrogens with one attached hydrogen (secondary N) is 1. The van der Waals surface area contributed by atoms with Crippen LogP contribution in [0.2, 0.25) is 0 Å². The Hall–Kier alpha value is 0.660. The first-order valence-corrected chi connectivity index (χ1v) is 10.1. The van der Waals surface area contributed by atoms with Gasteiger partial charge in [-0.2, -0.15) is 0 Å².